The minimum absolute atomic E-state index is 0.197. The zero-order valence-corrected chi connectivity index (χ0v) is 12.3. The Kier molecular flexibility index (Phi) is 3.79. The monoisotopic (exact) mass is 295 g/mol. The summed E-state index contributed by atoms with van der Waals surface area (Å²) in [6.45, 7) is 0.424. The number of hydrogen-bond donors (Lipinski definition) is 2. The Morgan fingerprint density at radius 1 is 1.50 bits per heavy atom. The molecule has 0 spiro atoms. The van der Waals surface area contributed by atoms with Crippen LogP contribution in [0.4, 0.5) is 5.82 Å². The molecular formula is C16H17N5O. The van der Waals surface area contributed by atoms with Gasteiger partial charge < -0.3 is 15.2 Å². The predicted octanol–water partition coefficient (Wildman–Crippen LogP) is 1.80. The molecule has 6 heteroatoms. The lowest BCUT2D eigenvalue weighted by atomic mass is 10.2. The van der Waals surface area contributed by atoms with Crippen LogP contribution in [0, 0.1) is 11.3 Å². The highest BCUT2D eigenvalue weighted by atomic mass is 16.1. The van der Waals surface area contributed by atoms with Crippen molar-refractivity contribution in [3.05, 3.63) is 47.4 Å². The van der Waals surface area contributed by atoms with Gasteiger partial charge in [-0.15, -0.1) is 0 Å². The Bertz CT molecular complexity index is 739. The van der Waals surface area contributed by atoms with Crippen molar-refractivity contribution in [3.63, 3.8) is 0 Å². The molecular weight excluding hydrogens is 278 g/mol. The van der Waals surface area contributed by atoms with Gasteiger partial charge in [-0.05, 0) is 36.6 Å². The molecule has 1 amide bonds. The fourth-order valence-corrected chi connectivity index (χ4v) is 2.22. The first-order valence-electron chi connectivity index (χ1n) is 7.22. The summed E-state index contributed by atoms with van der Waals surface area (Å²) in [5, 5.41) is 15.1. The van der Waals surface area contributed by atoms with Gasteiger partial charge in [0.25, 0.3) is 5.91 Å². The van der Waals surface area contributed by atoms with Crippen molar-refractivity contribution in [3.8, 4) is 6.07 Å². The molecule has 0 radical (unpaired) electrons. The van der Waals surface area contributed by atoms with Crippen LogP contribution in [0.5, 0.6) is 0 Å². The van der Waals surface area contributed by atoms with Gasteiger partial charge in [0.1, 0.15) is 17.6 Å². The van der Waals surface area contributed by atoms with Crippen LogP contribution in [-0.2, 0) is 13.6 Å². The zero-order chi connectivity index (χ0) is 15.5. The van der Waals surface area contributed by atoms with Crippen LogP contribution in [-0.4, -0.2) is 21.5 Å². The fourth-order valence-electron chi connectivity index (χ4n) is 2.22. The van der Waals surface area contributed by atoms with Gasteiger partial charge in [-0.1, -0.05) is 0 Å². The molecule has 0 bridgehead atoms. The van der Waals surface area contributed by atoms with Crippen LogP contribution in [0.3, 0.4) is 0 Å². The van der Waals surface area contributed by atoms with E-state index in [2.05, 4.69) is 15.6 Å². The molecule has 0 unspecified atom stereocenters. The highest BCUT2D eigenvalue weighted by Gasteiger charge is 2.21. The van der Waals surface area contributed by atoms with Crippen molar-refractivity contribution in [2.24, 2.45) is 7.05 Å². The number of pyridine rings is 1. The average molecular weight is 295 g/mol. The van der Waals surface area contributed by atoms with Gasteiger partial charge in [0.15, 0.2) is 0 Å². The standard InChI is InChI=1S/C16H17N5O/c1-21-10-12(8-17)6-14(21)16(22)19-9-11-4-5-18-15(7-11)20-13-2-3-13/h4-7,10,13H,2-3,9H2,1H3,(H,18,20)(H,19,22). The minimum Gasteiger partial charge on any atom is -0.367 e. The fraction of sp³-hybridized carbons (Fsp3) is 0.312. The van der Waals surface area contributed by atoms with Crippen LogP contribution < -0.4 is 10.6 Å². The molecule has 0 atom stereocenters. The van der Waals surface area contributed by atoms with Gasteiger partial charge in [0, 0.05) is 32.0 Å². The van der Waals surface area contributed by atoms with Crippen molar-refractivity contribution in [2.45, 2.75) is 25.4 Å². The van der Waals surface area contributed by atoms with Crippen LogP contribution in [0.25, 0.3) is 0 Å². The predicted molar refractivity (Wildman–Crippen MR) is 82.2 cm³/mol. The SMILES string of the molecule is Cn1cc(C#N)cc1C(=O)NCc1ccnc(NC2CC2)c1. The van der Waals surface area contributed by atoms with Gasteiger partial charge in [0.2, 0.25) is 0 Å². The maximum absolute atomic E-state index is 12.2. The van der Waals surface area contributed by atoms with Crippen molar-refractivity contribution in [1.82, 2.24) is 14.9 Å². The number of anilines is 1. The summed E-state index contributed by atoms with van der Waals surface area (Å²) in [6.07, 6.45) is 5.76. The van der Waals surface area contributed by atoms with Crippen LogP contribution in [0.1, 0.15) is 34.5 Å². The van der Waals surface area contributed by atoms with E-state index < -0.39 is 0 Å². The van der Waals surface area contributed by atoms with Gasteiger partial charge >= 0.3 is 0 Å². The first kappa shape index (κ1) is 14.1. The molecule has 3 rings (SSSR count). The maximum atomic E-state index is 12.2. The average Bonchev–Trinajstić information content (AvgIpc) is 3.25. The zero-order valence-electron chi connectivity index (χ0n) is 12.3. The van der Waals surface area contributed by atoms with Crippen molar-refractivity contribution < 1.29 is 4.79 Å². The Morgan fingerprint density at radius 3 is 3.00 bits per heavy atom. The summed E-state index contributed by atoms with van der Waals surface area (Å²) < 4.78 is 1.65. The topological polar surface area (TPSA) is 82.7 Å². The van der Waals surface area contributed by atoms with E-state index in [1.165, 1.54) is 12.8 Å². The lowest BCUT2D eigenvalue weighted by molar-refractivity contribution is 0.0943. The molecule has 0 aliphatic heterocycles. The van der Waals surface area contributed by atoms with E-state index >= 15 is 0 Å². The number of hydrogen-bond acceptors (Lipinski definition) is 4. The number of aromatic nitrogens is 2. The Labute approximate surface area is 128 Å². The maximum Gasteiger partial charge on any atom is 0.268 e. The smallest absolute Gasteiger partial charge is 0.268 e. The third-order valence-electron chi connectivity index (χ3n) is 3.57. The van der Waals surface area contributed by atoms with Crippen LogP contribution >= 0.6 is 0 Å². The van der Waals surface area contributed by atoms with Crippen LogP contribution in [0.15, 0.2) is 30.6 Å². The number of carbonyl (C=O) groups is 1. The normalized spacial score (nSPS) is 13.5. The van der Waals surface area contributed by atoms with E-state index in [9.17, 15) is 4.79 Å². The van der Waals surface area contributed by atoms with E-state index in [0.29, 0.717) is 23.8 Å². The van der Waals surface area contributed by atoms with Crippen molar-refractivity contribution >= 4 is 11.7 Å². The summed E-state index contributed by atoms with van der Waals surface area (Å²) in [7, 11) is 1.75. The molecule has 6 nitrogen and oxygen atoms in total. The molecule has 2 aromatic rings. The summed E-state index contributed by atoms with van der Waals surface area (Å²) in [4.78, 5) is 16.4. The number of nitriles is 1. The van der Waals surface area contributed by atoms with Gasteiger partial charge in [-0.3, -0.25) is 4.79 Å². The lowest BCUT2D eigenvalue weighted by Gasteiger charge is -2.08. The van der Waals surface area contributed by atoms with E-state index in [1.807, 2.05) is 18.2 Å². The number of aryl methyl sites for hydroxylation is 1. The van der Waals surface area contributed by atoms with Crippen molar-refractivity contribution in [1.29, 1.82) is 5.26 Å². The number of nitrogens with zero attached hydrogens (tertiary/aromatic N) is 3. The summed E-state index contributed by atoms with van der Waals surface area (Å²) in [5.41, 5.74) is 1.94. The van der Waals surface area contributed by atoms with Crippen molar-refractivity contribution in [2.75, 3.05) is 5.32 Å². The molecule has 0 saturated heterocycles. The lowest BCUT2D eigenvalue weighted by Crippen LogP contribution is -2.24. The first-order valence-corrected chi connectivity index (χ1v) is 7.22. The largest absolute Gasteiger partial charge is 0.367 e. The Morgan fingerprint density at radius 2 is 2.32 bits per heavy atom. The molecule has 1 aliphatic carbocycles. The number of nitrogens with one attached hydrogen (secondary N) is 2. The van der Waals surface area contributed by atoms with E-state index in [1.54, 1.807) is 30.1 Å². The molecule has 112 valence electrons. The van der Waals surface area contributed by atoms with Gasteiger partial charge in [0.05, 0.1) is 5.56 Å². The second-order valence-electron chi connectivity index (χ2n) is 5.49. The highest BCUT2D eigenvalue weighted by molar-refractivity contribution is 5.93. The molecule has 1 aliphatic rings. The molecule has 0 aromatic carbocycles. The quantitative estimate of drug-likeness (QED) is 0.881. The van der Waals surface area contributed by atoms with Gasteiger partial charge in [-0.25, -0.2) is 4.98 Å². The summed E-state index contributed by atoms with van der Waals surface area (Å²) >= 11 is 0. The summed E-state index contributed by atoms with van der Waals surface area (Å²) in [5.74, 6) is 0.650. The van der Waals surface area contributed by atoms with E-state index in [-0.39, 0.29) is 5.91 Å². The number of rotatable bonds is 5. The van der Waals surface area contributed by atoms with Crippen LogP contribution in [0.2, 0.25) is 0 Å². The third kappa shape index (κ3) is 3.26. The van der Waals surface area contributed by atoms with E-state index in [0.717, 1.165) is 11.4 Å². The Balaban J connectivity index is 1.62. The van der Waals surface area contributed by atoms with Gasteiger partial charge in [-0.2, -0.15) is 5.26 Å². The molecule has 1 saturated carbocycles. The van der Waals surface area contributed by atoms with E-state index in [4.69, 9.17) is 5.26 Å². The number of carbonyl (C=O) groups excluding carboxylic acids is 1. The molecule has 1 fully saturated rings. The third-order valence-corrected chi connectivity index (χ3v) is 3.57. The highest BCUT2D eigenvalue weighted by Crippen LogP contribution is 2.23. The Hall–Kier alpha value is -2.81. The molecule has 22 heavy (non-hydrogen) atoms. The molecule has 2 heterocycles. The first-order chi connectivity index (χ1) is 10.7. The molecule has 2 N–H and O–H groups in total. The second kappa shape index (κ2) is 5.90. The summed E-state index contributed by atoms with van der Waals surface area (Å²) in [6, 6.07) is 7.99. The minimum atomic E-state index is -0.197. The number of amides is 1. The second-order valence-corrected chi connectivity index (χ2v) is 5.49. The molecule has 2 aromatic heterocycles.